The summed E-state index contributed by atoms with van der Waals surface area (Å²) in [6, 6.07) is 10.6. The molecule has 0 radical (unpaired) electrons. The van der Waals surface area contributed by atoms with Crippen LogP contribution in [0.2, 0.25) is 0 Å². The SMILES string of the molecule is Cc1cc(=O)[nH]c(CCNC(=O)c2ccc(-c3cc(N(C)C)ncn3)cc2)n1. The Morgan fingerprint density at radius 3 is 2.57 bits per heavy atom. The summed E-state index contributed by atoms with van der Waals surface area (Å²) >= 11 is 0. The molecule has 8 heteroatoms. The highest BCUT2D eigenvalue weighted by molar-refractivity contribution is 5.94. The summed E-state index contributed by atoms with van der Waals surface area (Å²) < 4.78 is 0. The zero-order valence-corrected chi connectivity index (χ0v) is 16.1. The van der Waals surface area contributed by atoms with Gasteiger partial charge in [-0.25, -0.2) is 15.0 Å². The summed E-state index contributed by atoms with van der Waals surface area (Å²) in [5.74, 6) is 1.19. The number of benzene rings is 1. The van der Waals surface area contributed by atoms with Crippen LogP contribution in [-0.4, -0.2) is 46.5 Å². The lowest BCUT2D eigenvalue weighted by Crippen LogP contribution is -2.26. The van der Waals surface area contributed by atoms with Crippen molar-refractivity contribution in [2.24, 2.45) is 0 Å². The number of aryl methyl sites for hydroxylation is 1. The fourth-order valence-electron chi connectivity index (χ4n) is 2.70. The van der Waals surface area contributed by atoms with Crippen LogP contribution < -0.4 is 15.8 Å². The van der Waals surface area contributed by atoms with Crippen LogP contribution >= 0.6 is 0 Å². The van der Waals surface area contributed by atoms with Crippen LogP contribution in [0.1, 0.15) is 21.9 Å². The van der Waals surface area contributed by atoms with Crippen molar-refractivity contribution in [3.8, 4) is 11.3 Å². The highest BCUT2D eigenvalue weighted by atomic mass is 16.1. The lowest BCUT2D eigenvalue weighted by molar-refractivity contribution is 0.0954. The molecule has 0 bridgehead atoms. The van der Waals surface area contributed by atoms with Crippen molar-refractivity contribution in [2.45, 2.75) is 13.3 Å². The zero-order valence-electron chi connectivity index (χ0n) is 16.1. The number of rotatable bonds is 6. The van der Waals surface area contributed by atoms with Crippen molar-refractivity contribution in [1.82, 2.24) is 25.3 Å². The number of carbonyl (C=O) groups is 1. The molecule has 0 spiro atoms. The topological polar surface area (TPSA) is 104 Å². The quantitative estimate of drug-likeness (QED) is 0.675. The predicted octanol–water partition coefficient (Wildman–Crippen LogP) is 1.57. The molecule has 2 aromatic heterocycles. The van der Waals surface area contributed by atoms with Gasteiger partial charge in [0.1, 0.15) is 18.0 Å². The first-order valence-corrected chi connectivity index (χ1v) is 8.87. The number of aromatic amines is 1. The van der Waals surface area contributed by atoms with E-state index in [1.165, 1.54) is 12.4 Å². The van der Waals surface area contributed by atoms with Crippen molar-refractivity contribution < 1.29 is 4.79 Å². The van der Waals surface area contributed by atoms with Crippen molar-refractivity contribution >= 4 is 11.7 Å². The molecule has 0 aliphatic carbocycles. The van der Waals surface area contributed by atoms with Gasteiger partial charge in [-0.05, 0) is 19.1 Å². The average molecular weight is 378 g/mol. The van der Waals surface area contributed by atoms with E-state index in [-0.39, 0.29) is 11.5 Å². The number of H-pyrrole nitrogens is 1. The van der Waals surface area contributed by atoms with E-state index in [9.17, 15) is 9.59 Å². The second-order valence-corrected chi connectivity index (χ2v) is 6.57. The molecule has 0 atom stereocenters. The normalized spacial score (nSPS) is 10.5. The molecular formula is C20H22N6O2. The Morgan fingerprint density at radius 2 is 1.89 bits per heavy atom. The second-order valence-electron chi connectivity index (χ2n) is 6.57. The van der Waals surface area contributed by atoms with Crippen LogP contribution in [0, 0.1) is 6.92 Å². The summed E-state index contributed by atoms with van der Waals surface area (Å²) in [4.78, 5) is 41.1. The lowest BCUT2D eigenvalue weighted by atomic mass is 10.1. The Bertz CT molecular complexity index is 1030. The van der Waals surface area contributed by atoms with E-state index in [1.54, 1.807) is 19.1 Å². The molecule has 144 valence electrons. The first-order chi connectivity index (χ1) is 13.4. The van der Waals surface area contributed by atoms with Gasteiger partial charge in [-0.1, -0.05) is 12.1 Å². The molecule has 28 heavy (non-hydrogen) atoms. The van der Waals surface area contributed by atoms with E-state index in [1.807, 2.05) is 37.2 Å². The van der Waals surface area contributed by atoms with E-state index in [0.29, 0.717) is 30.0 Å². The number of carbonyl (C=O) groups excluding carboxylic acids is 1. The van der Waals surface area contributed by atoms with E-state index >= 15 is 0 Å². The van der Waals surface area contributed by atoms with E-state index < -0.39 is 0 Å². The number of nitrogens with zero attached hydrogens (tertiary/aromatic N) is 4. The first kappa shape index (κ1) is 19.2. The number of hydrogen-bond donors (Lipinski definition) is 2. The van der Waals surface area contributed by atoms with Gasteiger partial charge < -0.3 is 15.2 Å². The molecule has 8 nitrogen and oxygen atoms in total. The summed E-state index contributed by atoms with van der Waals surface area (Å²) in [6.07, 6.45) is 1.98. The third kappa shape index (κ3) is 4.79. The van der Waals surface area contributed by atoms with Gasteiger partial charge in [0.25, 0.3) is 11.5 Å². The molecule has 3 aromatic rings. The number of amides is 1. The van der Waals surface area contributed by atoms with Crippen LogP contribution in [0.3, 0.4) is 0 Å². The summed E-state index contributed by atoms with van der Waals surface area (Å²) in [5.41, 5.74) is 2.72. The van der Waals surface area contributed by atoms with Crippen LogP contribution in [0.5, 0.6) is 0 Å². The maximum Gasteiger partial charge on any atom is 0.251 e. The van der Waals surface area contributed by atoms with Gasteiger partial charge >= 0.3 is 0 Å². The maximum absolute atomic E-state index is 12.3. The highest BCUT2D eigenvalue weighted by Gasteiger charge is 2.08. The molecule has 0 saturated carbocycles. The molecule has 2 heterocycles. The first-order valence-electron chi connectivity index (χ1n) is 8.87. The Kier molecular flexibility index (Phi) is 5.78. The van der Waals surface area contributed by atoms with E-state index in [0.717, 1.165) is 17.1 Å². The molecule has 3 rings (SSSR count). The van der Waals surface area contributed by atoms with Crippen molar-refractivity contribution in [2.75, 3.05) is 25.5 Å². The van der Waals surface area contributed by atoms with Crippen LogP contribution in [-0.2, 0) is 6.42 Å². The van der Waals surface area contributed by atoms with Crippen molar-refractivity contribution in [3.63, 3.8) is 0 Å². The van der Waals surface area contributed by atoms with Crippen molar-refractivity contribution in [1.29, 1.82) is 0 Å². The van der Waals surface area contributed by atoms with Gasteiger partial charge in [-0.3, -0.25) is 9.59 Å². The molecule has 0 aliphatic rings. The Morgan fingerprint density at radius 1 is 1.14 bits per heavy atom. The molecule has 0 unspecified atom stereocenters. The molecule has 2 N–H and O–H groups in total. The summed E-state index contributed by atoms with van der Waals surface area (Å²) in [5, 5.41) is 2.84. The van der Waals surface area contributed by atoms with Gasteiger partial charge in [-0.15, -0.1) is 0 Å². The van der Waals surface area contributed by atoms with Crippen LogP contribution in [0.15, 0.2) is 47.5 Å². The minimum atomic E-state index is -0.188. The average Bonchev–Trinajstić information content (AvgIpc) is 2.67. The van der Waals surface area contributed by atoms with Crippen LogP contribution in [0.25, 0.3) is 11.3 Å². The van der Waals surface area contributed by atoms with Gasteiger partial charge in [0, 0.05) is 56.0 Å². The third-order valence-corrected chi connectivity index (χ3v) is 4.12. The molecule has 0 aliphatic heterocycles. The minimum absolute atomic E-state index is 0.182. The minimum Gasteiger partial charge on any atom is -0.363 e. The number of hydrogen-bond acceptors (Lipinski definition) is 6. The van der Waals surface area contributed by atoms with E-state index in [2.05, 4.69) is 25.3 Å². The van der Waals surface area contributed by atoms with Crippen LogP contribution in [0.4, 0.5) is 5.82 Å². The van der Waals surface area contributed by atoms with Gasteiger partial charge in [0.2, 0.25) is 0 Å². The Hall–Kier alpha value is -3.55. The smallest absolute Gasteiger partial charge is 0.251 e. The molecule has 1 aromatic carbocycles. The largest absolute Gasteiger partial charge is 0.363 e. The fraction of sp³-hybridized carbons (Fsp3) is 0.250. The summed E-state index contributed by atoms with van der Waals surface area (Å²) in [7, 11) is 3.84. The molecular weight excluding hydrogens is 356 g/mol. The maximum atomic E-state index is 12.3. The third-order valence-electron chi connectivity index (χ3n) is 4.12. The monoisotopic (exact) mass is 378 g/mol. The Labute approximate surface area is 162 Å². The Balaban J connectivity index is 1.62. The predicted molar refractivity (Wildman–Crippen MR) is 107 cm³/mol. The number of nitrogens with one attached hydrogen (secondary N) is 2. The molecule has 0 fully saturated rings. The number of aromatic nitrogens is 4. The van der Waals surface area contributed by atoms with Gasteiger partial charge in [0.05, 0.1) is 5.69 Å². The standard InChI is InChI=1S/C20H22N6O2/c1-13-10-19(27)25-17(24-13)8-9-21-20(28)15-6-4-14(5-7-15)16-11-18(26(2)3)23-12-22-16/h4-7,10-12H,8-9H2,1-3H3,(H,21,28)(H,24,25,27). The molecule has 1 amide bonds. The molecule has 0 saturated heterocycles. The zero-order chi connectivity index (χ0) is 20.1. The summed E-state index contributed by atoms with van der Waals surface area (Å²) in [6.45, 7) is 2.14. The van der Waals surface area contributed by atoms with Crippen molar-refractivity contribution in [3.05, 3.63) is 70.2 Å². The lowest BCUT2D eigenvalue weighted by Gasteiger charge is -2.11. The van der Waals surface area contributed by atoms with E-state index in [4.69, 9.17) is 0 Å². The number of anilines is 1. The fourth-order valence-corrected chi connectivity index (χ4v) is 2.70. The van der Waals surface area contributed by atoms with Gasteiger partial charge in [-0.2, -0.15) is 0 Å². The highest BCUT2D eigenvalue weighted by Crippen LogP contribution is 2.20. The van der Waals surface area contributed by atoms with Gasteiger partial charge in [0.15, 0.2) is 0 Å². The second kappa shape index (κ2) is 8.43.